The summed E-state index contributed by atoms with van der Waals surface area (Å²) in [5, 5.41) is 0. The Morgan fingerprint density at radius 3 is 2.00 bits per heavy atom. The van der Waals surface area contributed by atoms with Gasteiger partial charge in [0, 0.05) is 6.42 Å². The maximum atomic E-state index is 11.1. The van der Waals surface area contributed by atoms with Crippen molar-refractivity contribution in [1.82, 2.24) is 0 Å². The van der Waals surface area contributed by atoms with Gasteiger partial charge in [-0.1, -0.05) is 46.0 Å². The van der Waals surface area contributed by atoms with E-state index >= 15 is 0 Å². The Morgan fingerprint density at radius 1 is 0.875 bits per heavy atom. The summed E-state index contributed by atoms with van der Waals surface area (Å²) in [6.07, 6.45) is 8.62. The second-order valence-electron chi connectivity index (χ2n) is 3.74. The summed E-state index contributed by atoms with van der Waals surface area (Å²) >= 11 is 0. The number of carbonyl (C=O) groups is 1. The fourth-order valence-corrected chi connectivity index (χ4v) is 1.28. The summed E-state index contributed by atoms with van der Waals surface area (Å²) in [4.78, 5) is 11.1. The van der Waals surface area contributed by atoms with E-state index in [0.29, 0.717) is 13.0 Å². The van der Waals surface area contributed by atoms with Gasteiger partial charge in [0.1, 0.15) is 0 Å². The normalized spacial score (nSPS) is 8.88. The van der Waals surface area contributed by atoms with Crippen molar-refractivity contribution in [2.45, 2.75) is 65.2 Å². The second-order valence-corrected chi connectivity index (χ2v) is 3.74. The second kappa shape index (κ2) is 18.4. The fraction of sp³-hybridized carbons (Fsp3) is 0.917. The average molecular weight is 253 g/mol. The molecule has 0 aromatic carbocycles. The molecule has 0 N–H and O–H groups in total. The van der Waals surface area contributed by atoms with Gasteiger partial charge in [-0.25, -0.2) is 0 Å². The number of hydrogen-bond donors (Lipinski definition) is 0. The monoisotopic (exact) mass is 252 g/mol. The minimum Gasteiger partial charge on any atom is -0.466 e. The van der Waals surface area contributed by atoms with Crippen molar-refractivity contribution in [3.63, 3.8) is 0 Å². The molecular weight excluding hydrogens is 225 g/mol. The Balaban J connectivity index is -0.000000845. The largest absolute Gasteiger partial charge is 0.466 e. The Hall–Kier alpha value is 1.00. The van der Waals surface area contributed by atoms with Gasteiger partial charge in [-0.15, -0.1) is 0 Å². The highest BCUT2D eigenvalue weighted by Crippen LogP contribution is 2.05. The zero-order chi connectivity index (χ0) is 10.6. The highest BCUT2D eigenvalue weighted by atomic mass is 24.3. The quantitative estimate of drug-likeness (QED) is 0.356. The number of rotatable bonds is 9. The third-order valence-corrected chi connectivity index (χ3v) is 2.25. The van der Waals surface area contributed by atoms with Crippen LogP contribution in [0.2, 0.25) is 0 Å². The average Bonchev–Trinajstić information content (AvgIpc) is 2.18. The molecule has 0 aromatic rings. The van der Waals surface area contributed by atoms with Crippen LogP contribution in [0.1, 0.15) is 65.2 Å². The molecule has 0 spiro atoms. The Labute approximate surface area is 133 Å². The standard InChI is InChI=1S/C12H24O2.2Mg.4H/c1-3-5-7-8-9-10-12(13)14-11-6-4-2;;;;;;/h3-11H2,1-2H3;;;;;;. The van der Waals surface area contributed by atoms with E-state index in [-0.39, 0.29) is 52.1 Å². The van der Waals surface area contributed by atoms with Crippen LogP contribution in [0.3, 0.4) is 0 Å². The maximum absolute atomic E-state index is 11.1. The molecule has 16 heavy (non-hydrogen) atoms. The summed E-state index contributed by atoms with van der Waals surface area (Å²) in [6.45, 7) is 4.89. The number of carbonyl (C=O) groups excluding carboxylic acids is 1. The molecule has 0 bridgehead atoms. The van der Waals surface area contributed by atoms with E-state index in [1.165, 1.54) is 19.3 Å². The zero-order valence-corrected chi connectivity index (χ0v) is 9.68. The predicted octanol–water partition coefficient (Wildman–Crippen LogP) is 1.86. The Bertz CT molecular complexity index is 141. The van der Waals surface area contributed by atoms with Gasteiger partial charge in [0.15, 0.2) is 0 Å². The number of ether oxygens (including phenoxy) is 1. The summed E-state index contributed by atoms with van der Waals surface area (Å²) in [6, 6.07) is 0. The van der Waals surface area contributed by atoms with Crippen molar-refractivity contribution in [1.29, 1.82) is 0 Å². The first-order valence-corrected chi connectivity index (χ1v) is 5.96. The molecule has 0 aromatic heterocycles. The number of unbranched alkanes of at least 4 members (excludes halogenated alkanes) is 5. The molecule has 0 aliphatic carbocycles. The maximum Gasteiger partial charge on any atom is 0.316 e. The van der Waals surface area contributed by atoms with Crippen molar-refractivity contribution in [3.05, 3.63) is 0 Å². The summed E-state index contributed by atoms with van der Waals surface area (Å²) in [5.74, 6) is -0.0186. The lowest BCUT2D eigenvalue weighted by atomic mass is 10.1. The van der Waals surface area contributed by atoms with Crippen LogP contribution in [0.15, 0.2) is 0 Å². The highest BCUT2D eigenvalue weighted by molar-refractivity contribution is 5.76. The highest BCUT2D eigenvalue weighted by Gasteiger charge is 2.01. The molecule has 92 valence electrons. The molecule has 4 heteroatoms. The number of hydrogen-bond acceptors (Lipinski definition) is 2. The van der Waals surface area contributed by atoms with Crippen molar-refractivity contribution >= 4 is 52.1 Å². The van der Waals surface area contributed by atoms with E-state index < -0.39 is 0 Å². The van der Waals surface area contributed by atoms with Crippen molar-refractivity contribution < 1.29 is 9.53 Å². The van der Waals surface area contributed by atoms with Gasteiger partial charge in [-0.3, -0.25) is 4.79 Å². The van der Waals surface area contributed by atoms with Gasteiger partial charge in [-0.05, 0) is 12.8 Å². The molecule has 0 aliphatic heterocycles. The third kappa shape index (κ3) is 17.4. The van der Waals surface area contributed by atoms with E-state index in [4.69, 9.17) is 4.74 Å². The molecule has 0 aliphatic rings. The van der Waals surface area contributed by atoms with Crippen LogP contribution in [-0.2, 0) is 9.53 Å². The molecule has 0 amide bonds. The molecule has 0 saturated heterocycles. The Morgan fingerprint density at radius 2 is 1.44 bits per heavy atom. The fourth-order valence-electron chi connectivity index (χ4n) is 1.28. The lowest BCUT2D eigenvalue weighted by Crippen LogP contribution is -2.05. The van der Waals surface area contributed by atoms with Crippen LogP contribution < -0.4 is 0 Å². The van der Waals surface area contributed by atoms with Crippen LogP contribution in [-0.4, -0.2) is 58.7 Å². The Kier molecular flexibility index (Phi) is 25.5. The summed E-state index contributed by atoms with van der Waals surface area (Å²) < 4.78 is 5.05. The van der Waals surface area contributed by atoms with Crippen LogP contribution in [0.25, 0.3) is 0 Å². The SMILES string of the molecule is CCCCCCCC(=O)OCCCC.[MgH2].[MgH2]. The van der Waals surface area contributed by atoms with E-state index in [1.54, 1.807) is 0 Å². The van der Waals surface area contributed by atoms with Gasteiger partial charge in [0.05, 0.1) is 6.61 Å². The topological polar surface area (TPSA) is 26.3 Å². The molecule has 2 nitrogen and oxygen atoms in total. The van der Waals surface area contributed by atoms with Gasteiger partial charge in [-0.2, -0.15) is 0 Å². The van der Waals surface area contributed by atoms with Gasteiger partial charge < -0.3 is 4.74 Å². The van der Waals surface area contributed by atoms with Crippen LogP contribution in [0.5, 0.6) is 0 Å². The lowest BCUT2D eigenvalue weighted by Gasteiger charge is -2.03. The molecular formula is C12H28Mg2O2. The van der Waals surface area contributed by atoms with E-state index in [0.717, 1.165) is 25.7 Å². The molecule has 0 radical (unpaired) electrons. The van der Waals surface area contributed by atoms with E-state index in [9.17, 15) is 4.79 Å². The molecule has 0 unspecified atom stereocenters. The molecule has 0 fully saturated rings. The van der Waals surface area contributed by atoms with Gasteiger partial charge >= 0.3 is 52.1 Å². The van der Waals surface area contributed by atoms with Crippen LogP contribution in [0, 0.1) is 0 Å². The molecule has 0 saturated carbocycles. The first-order chi connectivity index (χ1) is 6.81. The van der Waals surface area contributed by atoms with E-state index in [1.807, 2.05) is 0 Å². The van der Waals surface area contributed by atoms with Crippen molar-refractivity contribution in [2.75, 3.05) is 6.61 Å². The van der Waals surface area contributed by atoms with Crippen molar-refractivity contribution in [3.8, 4) is 0 Å². The molecule has 0 atom stereocenters. The predicted molar refractivity (Wildman–Crippen MR) is 76.3 cm³/mol. The smallest absolute Gasteiger partial charge is 0.316 e. The van der Waals surface area contributed by atoms with Gasteiger partial charge in [0.25, 0.3) is 0 Å². The molecule has 0 heterocycles. The minimum atomic E-state index is -0.0186. The van der Waals surface area contributed by atoms with Crippen LogP contribution in [0.4, 0.5) is 0 Å². The summed E-state index contributed by atoms with van der Waals surface area (Å²) in [5.41, 5.74) is 0. The third-order valence-electron chi connectivity index (χ3n) is 2.25. The minimum absolute atomic E-state index is 0. The number of esters is 1. The molecule has 0 rings (SSSR count). The van der Waals surface area contributed by atoms with Crippen LogP contribution >= 0.6 is 0 Å². The summed E-state index contributed by atoms with van der Waals surface area (Å²) in [7, 11) is 0. The van der Waals surface area contributed by atoms with E-state index in [2.05, 4.69) is 13.8 Å². The first kappa shape index (κ1) is 22.2. The lowest BCUT2D eigenvalue weighted by molar-refractivity contribution is -0.143. The van der Waals surface area contributed by atoms with Crippen molar-refractivity contribution in [2.24, 2.45) is 0 Å². The zero-order valence-electron chi connectivity index (χ0n) is 9.68. The van der Waals surface area contributed by atoms with Gasteiger partial charge in [0.2, 0.25) is 0 Å². The first-order valence-electron chi connectivity index (χ1n) is 5.96.